The van der Waals surface area contributed by atoms with Crippen molar-refractivity contribution in [2.75, 3.05) is 23.7 Å². The maximum Gasteiger partial charge on any atom is 0.265 e. The molecule has 0 aliphatic heterocycles. The maximum absolute atomic E-state index is 12.6. The van der Waals surface area contributed by atoms with Crippen LogP contribution >= 0.6 is 15.9 Å². The van der Waals surface area contributed by atoms with Crippen LogP contribution in [0.25, 0.3) is 0 Å². The van der Waals surface area contributed by atoms with Crippen LogP contribution in [0.1, 0.15) is 11.4 Å². The molecule has 6 nitrogen and oxygen atoms in total. The number of aryl methyl sites for hydroxylation is 2. The first-order valence-electron chi connectivity index (χ1n) is 6.23. The van der Waals surface area contributed by atoms with Crippen LogP contribution in [-0.4, -0.2) is 32.7 Å². The van der Waals surface area contributed by atoms with Gasteiger partial charge in [-0.3, -0.25) is 9.82 Å². The van der Waals surface area contributed by atoms with E-state index >= 15 is 0 Å². The monoisotopic (exact) mass is 372 g/mol. The topological polar surface area (TPSA) is 78.1 Å². The average Bonchev–Trinajstić information content (AvgIpc) is 2.68. The highest BCUT2D eigenvalue weighted by atomic mass is 79.9. The number of hydrogen-bond donors (Lipinski definition) is 2. The number of H-pyrrole nitrogens is 1. The first kappa shape index (κ1) is 15.8. The Morgan fingerprint density at radius 1 is 1.29 bits per heavy atom. The van der Waals surface area contributed by atoms with E-state index in [9.17, 15) is 8.42 Å². The van der Waals surface area contributed by atoms with E-state index in [1.807, 2.05) is 31.1 Å². The van der Waals surface area contributed by atoms with Gasteiger partial charge in [0.25, 0.3) is 10.0 Å². The molecule has 0 spiro atoms. The van der Waals surface area contributed by atoms with Gasteiger partial charge in [-0.1, -0.05) is 15.9 Å². The molecule has 2 aromatic rings. The van der Waals surface area contributed by atoms with Gasteiger partial charge < -0.3 is 4.90 Å². The van der Waals surface area contributed by atoms with Crippen molar-refractivity contribution in [3.05, 3.63) is 34.1 Å². The molecule has 0 bridgehead atoms. The van der Waals surface area contributed by atoms with Crippen molar-refractivity contribution in [3.8, 4) is 0 Å². The van der Waals surface area contributed by atoms with Crippen molar-refractivity contribution >= 4 is 37.3 Å². The Kier molecular flexibility index (Phi) is 4.29. The summed E-state index contributed by atoms with van der Waals surface area (Å²) in [6, 6.07) is 5.44. The summed E-state index contributed by atoms with van der Waals surface area (Å²) in [5.41, 5.74) is 2.25. The van der Waals surface area contributed by atoms with Crippen molar-refractivity contribution in [2.45, 2.75) is 18.7 Å². The Labute approximate surface area is 132 Å². The second-order valence-electron chi connectivity index (χ2n) is 4.92. The van der Waals surface area contributed by atoms with Gasteiger partial charge in [0, 0.05) is 18.6 Å². The minimum absolute atomic E-state index is 0.187. The smallest absolute Gasteiger partial charge is 0.265 e. The van der Waals surface area contributed by atoms with Crippen LogP contribution in [-0.2, 0) is 10.0 Å². The summed E-state index contributed by atoms with van der Waals surface area (Å²) in [5.74, 6) is 0. The van der Waals surface area contributed by atoms with E-state index in [0.717, 1.165) is 10.2 Å². The number of aromatic nitrogens is 2. The van der Waals surface area contributed by atoms with Crippen LogP contribution in [0.4, 0.5) is 11.4 Å². The molecule has 0 aliphatic rings. The molecule has 2 N–H and O–H groups in total. The minimum atomic E-state index is -3.70. The number of benzene rings is 1. The lowest BCUT2D eigenvalue weighted by Crippen LogP contribution is -2.18. The normalized spacial score (nSPS) is 11.5. The summed E-state index contributed by atoms with van der Waals surface area (Å²) in [6.07, 6.45) is 0. The predicted molar refractivity (Wildman–Crippen MR) is 87.3 cm³/mol. The Morgan fingerprint density at radius 2 is 1.95 bits per heavy atom. The predicted octanol–water partition coefficient (Wildman–Crippen LogP) is 2.66. The van der Waals surface area contributed by atoms with Crippen LogP contribution in [0.2, 0.25) is 0 Å². The second-order valence-corrected chi connectivity index (χ2v) is 7.46. The fraction of sp³-hybridized carbons (Fsp3) is 0.308. The van der Waals surface area contributed by atoms with E-state index in [-0.39, 0.29) is 4.90 Å². The number of sulfonamides is 1. The summed E-state index contributed by atoms with van der Waals surface area (Å²) >= 11 is 3.36. The quantitative estimate of drug-likeness (QED) is 0.864. The zero-order valence-electron chi connectivity index (χ0n) is 12.2. The van der Waals surface area contributed by atoms with E-state index in [0.29, 0.717) is 17.1 Å². The van der Waals surface area contributed by atoms with Crippen molar-refractivity contribution in [2.24, 2.45) is 0 Å². The van der Waals surface area contributed by atoms with Gasteiger partial charge in [0.2, 0.25) is 0 Å². The highest BCUT2D eigenvalue weighted by molar-refractivity contribution is 9.10. The van der Waals surface area contributed by atoms with Crippen molar-refractivity contribution in [1.29, 1.82) is 0 Å². The Hall–Kier alpha value is -1.54. The summed E-state index contributed by atoms with van der Waals surface area (Å²) in [6.45, 7) is 3.34. The fourth-order valence-electron chi connectivity index (χ4n) is 2.11. The fourth-order valence-corrected chi connectivity index (χ4v) is 3.91. The number of rotatable bonds is 4. The SMILES string of the molecule is Cc1n[nH]c(C)c1S(=O)(=O)Nc1cc(Br)ccc1N(C)C. The highest BCUT2D eigenvalue weighted by Crippen LogP contribution is 2.30. The van der Waals surface area contributed by atoms with Gasteiger partial charge in [-0.2, -0.15) is 5.10 Å². The summed E-state index contributed by atoms with van der Waals surface area (Å²) in [5, 5.41) is 6.62. The van der Waals surface area contributed by atoms with Crippen LogP contribution in [0.3, 0.4) is 0 Å². The molecule has 0 saturated heterocycles. The van der Waals surface area contributed by atoms with Gasteiger partial charge in [-0.15, -0.1) is 0 Å². The van der Waals surface area contributed by atoms with Crippen molar-refractivity contribution in [1.82, 2.24) is 10.2 Å². The van der Waals surface area contributed by atoms with Gasteiger partial charge in [-0.05, 0) is 32.0 Å². The van der Waals surface area contributed by atoms with Gasteiger partial charge >= 0.3 is 0 Å². The molecule has 0 aliphatic carbocycles. The second kappa shape index (κ2) is 5.69. The number of hydrogen-bond acceptors (Lipinski definition) is 4. The molecule has 1 aromatic heterocycles. The average molecular weight is 373 g/mol. The third kappa shape index (κ3) is 3.21. The molecule has 21 heavy (non-hydrogen) atoms. The summed E-state index contributed by atoms with van der Waals surface area (Å²) in [7, 11) is 0.0177. The molecule has 2 rings (SSSR count). The Morgan fingerprint density at radius 3 is 2.48 bits per heavy atom. The zero-order chi connectivity index (χ0) is 15.8. The molecular formula is C13H17BrN4O2S. The highest BCUT2D eigenvalue weighted by Gasteiger charge is 2.23. The van der Waals surface area contributed by atoms with Gasteiger partial charge in [0.1, 0.15) is 4.90 Å². The number of aromatic amines is 1. The molecular weight excluding hydrogens is 356 g/mol. The van der Waals surface area contributed by atoms with E-state index in [1.165, 1.54) is 0 Å². The van der Waals surface area contributed by atoms with Crippen LogP contribution in [0, 0.1) is 13.8 Å². The molecule has 0 radical (unpaired) electrons. The van der Waals surface area contributed by atoms with Crippen LogP contribution < -0.4 is 9.62 Å². The maximum atomic E-state index is 12.6. The third-order valence-electron chi connectivity index (χ3n) is 3.01. The Bertz CT molecular complexity index is 749. The van der Waals surface area contributed by atoms with E-state index < -0.39 is 10.0 Å². The van der Waals surface area contributed by atoms with Gasteiger partial charge in [0.15, 0.2) is 0 Å². The van der Waals surface area contributed by atoms with Crippen LogP contribution in [0.15, 0.2) is 27.6 Å². The molecule has 0 amide bonds. The molecule has 1 heterocycles. The largest absolute Gasteiger partial charge is 0.376 e. The number of anilines is 2. The van der Waals surface area contributed by atoms with Crippen molar-refractivity contribution in [3.63, 3.8) is 0 Å². The Balaban J connectivity index is 2.49. The minimum Gasteiger partial charge on any atom is -0.376 e. The number of nitrogens with one attached hydrogen (secondary N) is 2. The summed E-state index contributed by atoms with van der Waals surface area (Å²) in [4.78, 5) is 2.03. The first-order chi connectivity index (χ1) is 9.72. The van der Waals surface area contributed by atoms with E-state index in [4.69, 9.17) is 0 Å². The third-order valence-corrected chi connectivity index (χ3v) is 5.13. The van der Waals surface area contributed by atoms with Crippen molar-refractivity contribution < 1.29 is 8.42 Å². The standard InChI is InChI=1S/C13H17BrN4O2S/c1-8-13(9(2)16-15-8)21(19,20)17-11-7-10(14)5-6-12(11)18(3)4/h5-7,17H,1-4H3,(H,15,16). The molecule has 0 fully saturated rings. The van der Waals surface area contributed by atoms with Crippen LogP contribution in [0.5, 0.6) is 0 Å². The van der Waals surface area contributed by atoms with Gasteiger partial charge in [-0.25, -0.2) is 8.42 Å². The summed E-state index contributed by atoms with van der Waals surface area (Å²) < 4.78 is 28.6. The first-order valence-corrected chi connectivity index (χ1v) is 8.51. The molecule has 8 heteroatoms. The number of halogens is 1. The lowest BCUT2D eigenvalue weighted by atomic mass is 10.2. The lowest BCUT2D eigenvalue weighted by molar-refractivity contribution is 0.600. The molecule has 0 saturated carbocycles. The number of nitrogens with zero attached hydrogens (tertiary/aromatic N) is 2. The molecule has 0 unspecified atom stereocenters. The van der Waals surface area contributed by atoms with E-state index in [2.05, 4.69) is 30.8 Å². The molecule has 114 valence electrons. The molecule has 0 atom stereocenters. The lowest BCUT2D eigenvalue weighted by Gasteiger charge is -2.19. The van der Waals surface area contributed by atoms with E-state index in [1.54, 1.807) is 19.9 Å². The zero-order valence-corrected chi connectivity index (χ0v) is 14.6. The van der Waals surface area contributed by atoms with Gasteiger partial charge in [0.05, 0.1) is 22.8 Å². The molecule has 1 aromatic carbocycles.